The molecule has 2 N–H and O–H groups in total. The minimum absolute atomic E-state index is 0.000719. The third kappa shape index (κ3) is 3.79. The van der Waals surface area contributed by atoms with E-state index in [2.05, 4.69) is 42.9 Å². The average Bonchev–Trinajstić information content (AvgIpc) is 3.00. The third-order valence-corrected chi connectivity index (χ3v) is 6.04. The van der Waals surface area contributed by atoms with Gasteiger partial charge in [0.2, 0.25) is 0 Å². The van der Waals surface area contributed by atoms with Crippen LogP contribution in [0.2, 0.25) is 0 Å². The van der Waals surface area contributed by atoms with E-state index in [9.17, 15) is 9.50 Å². The molecular weight excluding hydrogens is 367 g/mol. The lowest BCUT2D eigenvalue weighted by Crippen LogP contribution is -2.65. The highest BCUT2D eigenvalue weighted by Gasteiger charge is 2.38. The number of phenols is 1. The molecule has 29 heavy (non-hydrogen) atoms. The topological polar surface area (TPSA) is 60.8 Å². The SMILES string of the molecule is CC1=NCc2nc(-c3ccc(O)cc3F)cc(CN3CC(C)(C)NCC3(C)C)c21. The second-order valence-electron chi connectivity index (χ2n) is 9.46. The van der Waals surface area contributed by atoms with Crippen molar-refractivity contribution in [1.29, 1.82) is 0 Å². The van der Waals surface area contributed by atoms with E-state index in [1.807, 2.05) is 13.0 Å². The van der Waals surface area contributed by atoms with Gasteiger partial charge in [-0.3, -0.25) is 14.9 Å². The van der Waals surface area contributed by atoms with Crippen molar-refractivity contribution in [3.63, 3.8) is 0 Å². The van der Waals surface area contributed by atoms with Gasteiger partial charge < -0.3 is 10.4 Å². The number of aliphatic imine (C=N–C) groups is 1. The van der Waals surface area contributed by atoms with E-state index in [1.165, 1.54) is 6.07 Å². The molecule has 1 aromatic carbocycles. The van der Waals surface area contributed by atoms with Gasteiger partial charge >= 0.3 is 0 Å². The van der Waals surface area contributed by atoms with Gasteiger partial charge in [0.05, 0.1) is 17.9 Å². The van der Waals surface area contributed by atoms with Crippen molar-refractivity contribution in [2.24, 2.45) is 4.99 Å². The zero-order chi connectivity index (χ0) is 21.0. The van der Waals surface area contributed by atoms with E-state index in [1.54, 1.807) is 6.07 Å². The maximum Gasteiger partial charge on any atom is 0.136 e. The first-order valence-corrected chi connectivity index (χ1v) is 10.1. The number of benzene rings is 1. The van der Waals surface area contributed by atoms with Crippen molar-refractivity contribution < 1.29 is 9.50 Å². The summed E-state index contributed by atoms with van der Waals surface area (Å²) in [7, 11) is 0. The van der Waals surface area contributed by atoms with Gasteiger partial charge in [-0.25, -0.2) is 4.39 Å². The number of nitrogens with one attached hydrogen (secondary N) is 1. The highest BCUT2D eigenvalue weighted by Crippen LogP contribution is 2.33. The maximum absolute atomic E-state index is 14.5. The van der Waals surface area contributed by atoms with E-state index < -0.39 is 5.82 Å². The lowest BCUT2D eigenvalue weighted by atomic mass is 9.90. The molecule has 0 radical (unpaired) electrons. The average molecular weight is 397 g/mol. The summed E-state index contributed by atoms with van der Waals surface area (Å²) in [5.74, 6) is -0.556. The summed E-state index contributed by atoms with van der Waals surface area (Å²) in [5.41, 5.74) is 5.13. The van der Waals surface area contributed by atoms with E-state index in [0.717, 1.165) is 48.2 Å². The predicted octanol–water partition coefficient (Wildman–Crippen LogP) is 3.88. The van der Waals surface area contributed by atoms with Crippen molar-refractivity contribution in [3.8, 4) is 17.0 Å². The molecule has 0 spiro atoms. The Morgan fingerprint density at radius 2 is 1.97 bits per heavy atom. The van der Waals surface area contributed by atoms with Crippen LogP contribution in [-0.2, 0) is 13.1 Å². The van der Waals surface area contributed by atoms with Gasteiger partial charge in [0.1, 0.15) is 11.6 Å². The largest absolute Gasteiger partial charge is 0.508 e. The van der Waals surface area contributed by atoms with Crippen molar-refractivity contribution in [1.82, 2.24) is 15.2 Å². The normalized spacial score (nSPS) is 20.4. The summed E-state index contributed by atoms with van der Waals surface area (Å²) < 4.78 is 14.5. The monoisotopic (exact) mass is 396 g/mol. The molecule has 0 saturated carbocycles. The Kier molecular flexibility index (Phi) is 4.74. The third-order valence-electron chi connectivity index (χ3n) is 6.04. The number of rotatable bonds is 3. The Labute approximate surface area is 171 Å². The fourth-order valence-electron chi connectivity index (χ4n) is 4.25. The van der Waals surface area contributed by atoms with Crippen LogP contribution in [0.4, 0.5) is 4.39 Å². The molecule has 154 valence electrons. The molecule has 0 amide bonds. The number of phenolic OH excluding ortho intramolecular Hbond substituents is 1. The summed E-state index contributed by atoms with van der Waals surface area (Å²) in [6, 6.07) is 6.21. The van der Waals surface area contributed by atoms with Crippen LogP contribution in [0.15, 0.2) is 29.3 Å². The van der Waals surface area contributed by atoms with Crippen LogP contribution < -0.4 is 5.32 Å². The molecule has 5 nitrogen and oxygen atoms in total. The van der Waals surface area contributed by atoms with Crippen LogP contribution >= 0.6 is 0 Å². The van der Waals surface area contributed by atoms with E-state index in [4.69, 9.17) is 4.98 Å². The first kappa shape index (κ1) is 20.0. The van der Waals surface area contributed by atoms with Crippen molar-refractivity contribution in [2.75, 3.05) is 13.1 Å². The standard InChI is InChI=1S/C23H29FN4O/c1-14-21-15(11-28-13-22(2,3)26-12-23(28,4)5)8-19(27-20(21)10-25-14)17-7-6-16(29)9-18(17)24/h6-9,26,29H,10-13H2,1-5H3. The summed E-state index contributed by atoms with van der Waals surface area (Å²) in [6.07, 6.45) is 0. The number of fused-ring (bicyclic) bond motifs is 1. The lowest BCUT2D eigenvalue weighted by Gasteiger charge is -2.50. The van der Waals surface area contributed by atoms with Gasteiger partial charge in [-0.1, -0.05) is 0 Å². The molecule has 0 unspecified atom stereocenters. The van der Waals surface area contributed by atoms with Crippen LogP contribution in [0.25, 0.3) is 11.3 Å². The Morgan fingerprint density at radius 1 is 1.21 bits per heavy atom. The Hall–Kier alpha value is -2.31. The van der Waals surface area contributed by atoms with Crippen LogP contribution in [0.3, 0.4) is 0 Å². The Balaban J connectivity index is 1.78. The molecule has 3 heterocycles. The van der Waals surface area contributed by atoms with Crippen LogP contribution in [0, 0.1) is 5.82 Å². The zero-order valence-corrected chi connectivity index (χ0v) is 17.8. The summed E-state index contributed by atoms with van der Waals surface area (Å²) in [4.78, 5) is 11.8. The minimum atomic E-state index is -0.470. The molecule has 2 aliphatic heterocycles. The van der Waals surface area contributed by atoms with E-state index in [-0.39, 0.29) is 16.8 Å². The second-order valence-corrected chi connectivity index (χ2v) is 9.46. The second kappa shape index (κ2) is 6.89. The van der Waals surface area contributed by atoms with Crippen LogP contribution in [0.1, 0.15) is 51.4 Å². The van der Waals surface area contributed by atoms with Crippen molar-refractivity contribution in [2.45, 2.75) is 58.8 Å². The Morgan fingerprint density at radius 3 is 2.69 bits per heavy atom. The molecule has 0 atom stereocenters. The molecule has 0 aliphatic carbocycles. The number of hydrogen-bond acceptors (Lipinski definition) is 5. The van der Waals surface area contributed by atoms with Crippen molar-refractivity contribution in [3.05, 3.63) is 46.9 Å². The first-order valence-electron chi connectivity index (χ1n) is 10.1. The van der Waals surface area contributed by atoms with Gasteiger partial charge in [-0.15, -0.1) is 0 Å². The number of piperazine rings is 1. The van der Waals surface area contributed by atoms with Crippen molar-refractivity contribution >= 4 is 5.71 Å². The van der Waals surface area contributed by atoms with Crippen LogP contribution in [0.5, 0.6) is 5.75 Å². The zero-order valence-electron chi connectivity index (χ0n) is 17.8. The molecule has 4 rings (SSSR count). The van der Waals surface area contributed by atoms with Gasteiger partial charge in [-0.05, 0) is 58.4 Å². The molecule has 1 saturated heterocycles. The Bertz CT molecular complexity index is 997. The molecule has 2 aliphatic rings. The molecule has 6 heteroatoms. The fourth-order valence-corrected chi connectivity index (χ4v) is 4.25. The lowest BCUT2D eigenvalue weighted by molar-refractivity contribution is 0.0323. The molecular formula is C23H29FN4O. The van der Waals surface area contributed by atoms with Gasteiger partial charge in [0, 0.05) is 53.6 Å². The first-order chi connectivity index (χ1) is 13.6. The summed E-state index contributed by atoms with van der Waals surface area (Å²) in [5, 5.41) is 13.2. The molecule has 1 fully saturated rings. The number of hydrogen-bond donors (Lipinski definition) is 2. The number of pyridine rings is 1. The van der Waals surface area contributed by atoms with Gasteiger partial charge in [0.25, 0.3) is 0 Å². The highest BCUT2D eigenvalue weighted by atomic mass is 19.1. The number of nitrogens with zero attached hydrogens (tertiary/aromatic N) is 3. The molecule has 0 bridgehead atoms. The minimum Gasteiger partial charge on any atom is -0.508 e. The van der Waals surface area contributed by atoms with Gasteiger partial charge in [0.15, 0.2) is 0 Å². The number of aromatic hydroxyl groups is 1. The number of halogens is 1. The summed E-state index contributed by atoms with van der Waals surface area (Å²) >= 11 is 0. The maximum atomic E-state index is 14.5. The smallest absolute Gasteiger partial charge is 0.136 e. The quantitative estimate of drug-likeness (QED) is 0.827. The summed E-state index contributed by atoms with van der Waals surface area (Å²) in [6.45, 7) is 14.0. The fraction of sp³-hybridized carbons (Fsp3) is 0.478. The molecule has 1 aromatic heterocycles. The highest BCUT2D eigenvalue weighted by molar-refractivity contribution is 6.03. The van der Waals surface area contributed by atoms with Crippen LogP contribution in [-0.4, -0.2) is 44.9 Å². The van der Waals surface area contributed by atoms with E-state index in [0.29, 0.717) is 17.8 Å². The predicted molar refractivity (Wildman–Crippen MR) is 114 cm³/mol. The number of aromatic nitrogens is 1. The van der Waals surface area contributed by atoms with Gasteiger partial charge in [-0.2, -0.15) is 0 Å². The molecule has 2 aromatic rings. The van der Waals surface area contributed by atoms with E-state index >= 15 is 0 Å².